The van der Waals surface area contributed by atoms with E-state index in [0.717, 1.165) is 6.42 Å². The number of aliphatic hydroxyl groups excluding tert-OH is 1. The fourth-order valence-corrected chi connectivity index (χ4v) is 2.39. The maximum absolute atomic E-state index is 9.00. The first-order chi connectivity index (χ1) is 7.40. The van der Waals surface area contributed by atoms with Crippen LogP contribution in [-0.4, -0.2) is 16.3 Å². The van der Waals surface area contributed by atoms with Crippen LogP contribution >= 0.6 is 0 Å². The summed E-state index contributed by atoms with van der Waals surface area (Å²) in [6, 6.07) is 10.7. The van der Waals surface area contributed by atoms with Crippen molar-refractivity contribution in [1.82, 2.24) is 4.57 Å². The molecule has 1 N–H and O–H groups in total. The number of rotatable bonds is 2. The zero-order valence-electron chi connectivity index (χ0n) is 8.48. The molecule has 1 aromatic heterocycles. The molecule has 2 aromatic rings. The Morgan fingerprint density at radius 1 is 1.13 bits per heavy atom. The van der Waals surface area contributed by atoms with Gasteiger partial charge in [0.2, 0.25) is 0 Å². The van der Waals surface area contributed by atoms with Crippen molar-refractivity contribution in [3.8, 4) is 11.3 Å². The molecule has 0 saturated carbocycles. The summed E-state index contributed by atoms with van der Waals surface area (Å²) in [4.78, 5) is 0. The first-order valence-electron chi connectivity index (χ1n) is 5.27. The minimum atomic E-state index is 0.198. The standard InChI is InChI=1S/C13H13NO/c15-8-7-14-6-5-11-9-10-3-1-2-4-12(10)13(11)14/h1-6,15H,7-9H2. The summed E-state index contributed by atoms with van der Waals surface area (Å²) in [6.07, 6.45) is 3.10. The molecule has 1 aromatic carbocycles. The SMILES string of the molecule is OCCn1ccc2c1-c1ccccc1C2. The van der Waals surface area contributed by atoms with E-state index in [0.29, 0.717) is 6.54 Å². The highest BCUT2D eigenvalue weighted by Crippen LogP contribution is 2.36. The van der Waals surface area contributed by atoms with Gasteiger partial charge in [0.15, 0.2) is 0 Å². The molecule has 0 bridgehead atoms. The zero-order chi connectivity index (χ0) is 10.3. The van der Waals surface area contributed by atoms with Gasteiger partial charge in [-0.15, -0.1) is 0 Å². The molecule has 0 fully saturated rings. The molecule has 0 aliphatic heterocycles. The number of hydrogen-bond acceptors (Lipinski definition) is 1. The Bertz CT molecular complexity index is 499. The number of nitrogens with zero attached hydrogens (tertiary/aromatic N) is 1. The van der Waals surface area contributed by atoms with Crippen LogP contribution in [0.25, 0.3) is 11.3 Å². The Hall–Kier alpha value is -1.54. The van der Waals surface area contributed by atoms with Crippen molar-refractivity contribution in [2.45, 2.75) is 13.0 Å². The smallest absolute Gasteiger partial charge is 0.0610 e. The third kappa shape index (κ3) is 1.22. The van der Waals surface area contributed by atoms with Crippen LogP contribution in [0.2, 0.25) is 0 Å². The summed E-state index contributed by atoms with van der Waals surface area (Å²) in [5, 5.41) is 9.00. The lowest BCUT2D eigenvalue weighted by molar-refractivity contribution is 0.277. The second-order valence-corrected chi connectivity index (χ2v) is 3.94. The maximum Gasteiger partial charge on any atom is 0.0610 e. The van der Waals surface area contributed by atoms with Crippen molar-refractivity contribution in [2.75, 3.05) is 6.61 Å². The van der Waals surface area contributed by atoms with E-state index >= 15 is 0 Å². The minimum absolute atomic E-state index is 0.198. The number of benzene rings is 1. The molecule has 0 atom stereocenters. The average Bonchev–Trinajstić information content (AvgIpc) is 2.78. The predicted octanol–water partition coefficient (Wildman–Crippen LogP) is 2.05. The van der Waals surface area contributed by atoms with E-state index < -0.39 is 0 Å². The number of aliphatic hydroxyl groups is 1. The zero-order valence-corrected chi connectivity index (χ0v) is 8.48. The van der Waals surface area contributed by atoms with Gasteiger partial charge in [-0.05, 0) is 17.2 Å². The number of aromatic nitrogens is 1. The fourth-order valence-electron chi connectivity index (χ4n) is 2.39. The van der Waals surface area contributed by atoms with Crippen LogP contribution in [0.15, 0.2) is 36.5 Å². The van der Waals surface area contributed by atoms with Crippen LogP contribution in [0.4, 0.5) is 0 Å². The quantitative estimate of drug-likeness (QED) is 0.671. The van der Waals surface area contributed by atoms with Crippen LogP contribution < -0.4 is 0 Å². The summed E-state index contributed by atoms with van der Waals surface area (Å²) in [5.41, 5.74) is 5.39. The molecule has 0 spiro atoms. The highest BCUT2D eigenvalue weighted by atomic mass is 16.3. The van der Waals surface area contributed by atoms with Crippen molar-refractivity contribution in [3.05, 3.63) is 47.7 Å². The summed E-state index contributed by atoms with van der Waals surface area (Å²) in [5.74, 6) is 0. The highest BCUT2D eigenvalue weighted by Gasteiger charge is 2.20. The third-order valence-corrected chi connectivity index (χ3v) is 3.04. The molecular weight excluding hydrogens is 186 g/mol. The Labute approximate surface area is 88.8 Å². The number of hydrogen-bond donors (Lipinski definition) is 1. The van der Waals surface area contributed by atoms with Crippen LogP contribution in [0, 0.1) is 0 Å². The van der Waals surface area contributed by atoms with E-state index in [1.807, 2.05) is 0 Å². The monoisotopic (exact) mass is 199 g/mol. The molecule has 1 aliphatic rings. The largest absolute Gasteiger partial charge is 0.395 e. The highest BCUT2D eigenvalue weighted by molar-refractivity contribution is 5.74. The Balaban J connectivity index is 2.16. The Morgan fingerprint density at radius 2 is 2.00 bits per heavy atom. The minimum Gasteiger partial charge on any atom is -0.395 e. The molecular formula is C13H13NO. The third-order valence-electron chi connectivity index (χ3n) is 3.04. The van der Waals surface area contributed by atoms with Gasteiger partial charge in [0.05, 0.1) is 12.3 Å². The molecule has 0 amide bonds. The van der Waals surface area contributed by atoms with Gasteiger partial charge in [-0.3, -0.25) is 0 Å². The molecule has 0 unspecified atom stereocenters. The van der Waals surface area contributed by atoms with Crippen molar-refractivity contribution in [2.24, 2.45) is 0 Å². The molecule has 0 radical (unpaired) electrons. The summed E-state index contributed by atoms with van der Waals surface area (Å²) >= 11 is 0. The van der Waals surface area contributed by atoms with Gasteiger partial charge in [-0.1, -0.05) is 24.3 Å². The predicted molar refractivity (Wildman–Crippen MR) is 59.8 cm³/mol. The van der Waals surface area contributed by atoms with Gasteiger partial charge in [0, 0.05) is 24.7 Å². The van der Waals surface area contributed by atoms with Gasteiger partial charge >= 0.3 is 0 Å². The summed E-state index contributed by atoms with van der Waals surface area (Å²) in [6.45, 7) is 0.882. The first kappa shape index (κ1) is 8.74. The Kier molecular flexibility index (Phi) is 1.89. The van der Waals surface area contributed by atoms with E-state index in [1.165, 1.54) is 22.4 Å². The molecule has 2 heteroatoms. The van der Waals surface area contributed by atoms with E-state index in [9.17, 15) is 0 Å². The van der Waals surface area contributed by atoms with Crippen molar-refractivity contribution >= 4 is 0 Å². The fraction of sp³-hybridized carbons (Fsp3) is 0.231. The van der Waals surface area contributed by atoms with E-state index in [1.54, 1.807) is 0 Å². The van der Waals surface area contributed by atoms with Gasteiger partial charge in [-0.25, -0.2) is 0 Å². The van der Waals surface area contributed by atoms with E-state index in [4.69, 9.17) is 5.11 Å². The molecule has 76 valence electrons. The van der Waals surface area contributed by atoms with Crippen LogP contribution in [0.3, 0.4) is 0 Å². The second kappa shape index (κ2) is 3.24. The van der Waals surface area contributed by atoms with E-state index in [-0.39, 0.29) is 6.61 Å². The van der Waals surface area contributed by atoms with Crippen LogP contribution in [0.1, 0.15) is 11.1 Å². The summed E-state index contributed by atoms with van der Waals surface area (Å²) in [7, 11) is 0. The van der Waals surface area contributed by atoms with Gasteiger partial charge < -0.3 is 9.67 Å². The van der Waals surface area contributed by atoms with Gasteiger partial charge in [-0.2, -0.15) is 0 Å². The Morgan fingerprint density at radius 3 is 2.87 bits per heavy atom. The first-order valence-corrected chi connectivity index (χ1v) is 5.27. The van der Waals surface area contributed by atoms with E-state index in [2.05, 4.69) is 41.1 Å². The van der Waals surface area contributed by atoms with Crippen molar-refractivity contribution < 1.29 is 5.11 Å². The normalized spacial score (nSPS) is 12.6. The van der Waals surface area contributed by atoms with Crippen LogP contribution in [0.5, 0.6) is 0 Å². The average molecular weight is 199 g/mol. The lowest BCUT2D eigenvalue weighted by atomic mass is 10.1. The summed E-state index contributed by atoms with van der Waals surface area (Å²) < 4.78 is 2.14. The van der Waals surface area contributed by atoms with Crippen molar-refractivity contribution in [1.29, 1.82) is 0 Å². The second-order valence-electron chi connectivity index (χ2n) is 3.94. The van der Waals surface area contributed by atoms with Gasteiger partial charge in [0.25, 0.3) is 0 Å². The molecule has 2 nitrogen and oxygen atoms in total. The molecule has 1 aliphatic carbocycles. The van der Waals surface area contributed by atoms with Crippen LogP contribution in [-0.2, 0) is 13.0 Å². The topological polar surface area (TPSA) is 25.2 Å². The van der Waals surface area contributed by atoms with Crippen molar-refractivity contribution in [3.63, 3.8) is 0 Å². The maximum atomic E-state index is 9.00. The lowest BCUT2D eigenvalue weighted by Gasteiger charge is -2.06. The molecule has 0 saturated heterocycles. The lowest BCUT2D eigenvalue weighted by Crippen LogP contribution is -2.01. The molecule has 15 heavy (non-hydrogen) atoms. The number of fused-ring (bicyclic) bond motifs is 3. The molecule has 1 heterocycles. The van der Waals surface area contributed by atoms with Gasteiger partial charge in [0.1, 0.15) is 0 Å². The molecule has 3 rings (SSSR count).